The van der Waals surface area contributed by atoms with Crippen molar-refractivity contribution in [3.8, 4) is 0 Å². The average molecular weight is 249 g/mol. The Hall–Kier alpha value is -1.36. The van der Waals surface area contributed by atoms with Crippen molar-refractivity contribution < 1.29 is 0 Å². The van der Waals surface area contributed by atoms with Crippen molar-refractivity contribution in [3.63, 3.8) is 0 Å². The highest BCUT2D eigenvalue weighted by molar-refractivity contribution is 5.59. The standard InChI is InChI=1S/C13H23N5/c1-9-8-17(5)6-7-18(9)13-10(2)12(14-4)15-11(3)16-13/h9H,6-8H2,1-5H3,(H,14,15,16). The first-order valence-electron chi connectivity index (χ1n) is 6.51. The van der Waals surface area contributed by atoms with E-state index in [-0.39, 0.29) is 0 Å². The van der Waals surface area contributed by atoms with Crippen molar-refractivity contribution in [2.24, 2.45) is 0 Å². The van der Waals surface area contributed by atoms with Gasteiger partial charge in [-0.1, -0.05) is 0 Å². The molecule has 1 aliphatic rings. The van der Waals surface area contributed by atoms with Gasteiger partial charge < -0.3 is 15.1 Å². The van der Waals surface area contributed by atoms with Gasteiger partial charge in [0.2, 0.25) is 0 Å². The molecule has 1 saturated heterocycles. The number of hydrogen-bond acceptors (Lipinski definition) is 5. The lowest BCUT2D eigenvalue weighted by Crippen LogP contribution is -2.51. The van der Waals surface area contributed by atoms with E-state index in [0.29, 0.717) is 6.04 Å². The van der Waals surface area contributed by atoms with E-state index in [1.807, 2.05) is 14.0 Å². The van der Waals surface area contributed by atoms with Crippen LogP contribution < -0.4 is 10.2 Å². The van der Waals surface area contributed by atoms with Crippen molar-refractivity contribution in [3.05, 3.63) is 11.4 Å². The molecule has 2 rings (SSSR count). The number of nitrogens with one attached hydrogen (secondary N) is 1. The third-order valence-electron chi connectivity index (χ3n) is 3.57. The van der Waals surface area contributed by atoms with Crippen LogP contribution in [0, 0.1) is 13.8 Å². The number of anilines is 2. The fourth-order valence-corrected chi connectivity index (χ4v) is 2.59. The topological polar surface area (TPSA) is 44.3 Å². The van der Waals surface area contributed by atoms with Gasteiger partial charge in [0.1, 0.15) is 17.5 Å². The molecule has 1 aromatic rings. The van der Waals surface area contributed by atoms with Gasteiger partial charge in [0.15, 0.2) is 0 Å². The zero-order chi connectivity index (χ0) is 13.3. The van der Waals surface area contributed by atoms with Crippen LogP contribution in [0.25, 0.3) is 0 Å². The lowest BCUT2D eigenvalue weighted by atomic mass is 10.1. The molecular weight excluding hydrogens is 226 g/mol. The Balaban J connectivity index is 2.35. The molecule has 100 valence electrons. The second-order valence-corrected chi connectivity index (χ2v) is 5.12. The third kappa shape index (κ3) is 2.41. The fourth-order valence-electron chi connectivity index (χ4n) is 2.59. The normalized spacial score (nSPS) is 21.2. The van der Waals surface area contributed by atoms with E-state index in [4.69, 9.17) is 0 Å². The molecule has 5 nitrogen and oxygen atoms in total. The first kappa shape index (κ1) is 13.1. The molecule has 1 fully saturated rings. The first-order valence-corrected chi connectivity index (χ1v) is 6.51. The Morgan fingerprint density at radius 2 is 1.94 bits per heavy atom. The summed E-state index contributed by atoms with van der Waals surface area (Å²) in [4.78, 5) is 13.8. The van der Waals surface area contributed by atoms with Crippen molar-refractivity contribution in [1.29, 1.82) is 0 Å². The van der Waals surface area contributed by atoms with E-state index in [2.05, 4.69) is 46.0 Å². The van der Waals surface area contributed by atoms with E-state index in [1.165, 1.54) is 0 Å². The van der Waals surface area contributed by atoms with Crippen molar-refractivity contribution in [2.75, 3.05) is 43.9 Å². The summed E-state index contributed by atoms with van der Waals surface area (Å²) in [6.07, 6.45) is 0. The van der Waals surface area contributed by atoms with Crippen LogP contribution >= 0.6 is 0 Å². The number of aromatic nitrogens is 2. The van der Waals surface area contributed by atoms with Crippen LogP contribution in [-0.4, -0.2) is 54.6 Å². The summed E-state index contributed by atoms with van der Waals surface area (Å²) in [5.74, 6) is 2.84. The van der Waals surface area contributed by atoms with E-state index in [0.717, 1.165) is 42.7 Å². The number of aryl methyl sites for hydroxylation is 1. The smallest absolute Gasteiger partial charge is 0.137 e. The summed E-state index contributed by atoms with van der Waals surface area (Å²) >= 11 is 0. The van der Waals surface area contributed by atoms with Gasteiger partial charge in [0, 0.05) is 38.3 Å². The Labute approximate surface area is 109 Å². The van der Waals surface area contributed by atoms with E-state index in [9.17, 15) is 0 Å². The Morgan fingerprint density at radius 3 is 2.56 bits per heavy atom. The maximum absolute atomic E-state index is 4.64. The minimum Gasteiger partial charge on any atom is -0.373 e. The van der Waals surface area contributed by atoms with Gasteiger partial charge in [-0.15, -0.1) is 0 Å². The molecule has 18 heavy (non-hydrogen) atoms. The van der Waals surface area contributed by atoms with Crippen LogP contribution in [0.15, 0.2) is 0 Å². The molecule has 1 atom stereocenters. The largest absolute Gasteiger partial charge is 0.373 e. The predicted molar refractivity (Wildman–Crippen MR) is 75.4 cm³/mol. The molecule has 1 aromatic heterocycles. The quantitative estimate of drug-likeness (QED) is 0.855. The van der Waals surface area contributed by atoms with Gasteiger partial charge in [-0.2, -0.15) is 0 Å². The second kappa shape index (κ2) is 5.10. The summed E-state index contributed by atoms with van der Waals surface area (Å²) in [6.45, 7) is 9.49. The lowest BCUT2D eigenvalue weighted by molar-refractivity contribution is 0.274. The molecule has 1 N–H and O–H groups in total. The summed E-state index contributed by atoms with van der Waals surface area (Å²) in [6, 6.07) is 0.487. The van der Waals surface area contributed by atoms with Crippen molar-refractivity contribution >= 4 is 11.6 Å². The molecule has 0 amide bonds. The van der Waals surface area contributed by atoms with Crippen LogP contribution in [0.3, 0.4) is 0 Å². The highest BCUT2D eigenvalue weighted by atomic mass is 15.3. The summed E-state index contributed by atoms with van der Waals surface area (Å²) in [5.41, 5.74) is 1.14. The monoisotopic (exact) mass is 249 g/mol. The summed E-state index contributed by atoms with van der Waals surface area (Å²) in [5, 5.41) is 3.15. The van der Waals surface area contributed by atoms with Gasteiger partial charge in [0.05, 0.1) is 0 Å². The van der Waals surface area contributed by atoms with Gasteiger partial charge in [-0.05, 0) is 27.8 Å². The SMILES string of the molecule is CNc1nc(C)nc(N2CCN(C)CC2C)c1C. The number of rotatable bonds is 2. The van der Waals surface area contributed by atoms with Crippen LogP contribution in [0.5, 0.6) is 0 Å². The molecule has 0 bridgehead atoms. The predicted octanol–water partition coefficient (Wildman–Crippen LogP) is 1.28. The summed E-state index contributed by atoms with van der Waals surface area (Å²) < 4.78 is 0. The zero-order valence-electron chi connectivity index (χ0n) is 12.0. The van der Waals surface area contributed by atoms with Crippen LogP contribution in [0.2, 0.25) is 0 Å². The maximum atomic E-state index is 4.64. The first-order chi connectivity index (χ1) is 8.52. The minimum absolute atomic E-state index is 0.487. The van der Waals surface area contributed by atoms with Crippen LogP contribution in [0.1, 0.15) is 18.3 Å². The lowest BCUT2D eigenvalue weighted by Gasteiger charge is -2.39. The van der Waals surface area contributed by atoms with Gasteiger partial charge in [-0.25, -0.2) is 9.97 Å². The Bertz CT molecular complexity index is 432. The van der Waals surface area contributed by atoms with E-state index in [1.54, 1.807) is 0 Å². The van der Waals surface area contributed by atoms with E-state index < -0.39 is 0 Å². The number of piperazine rings is 1. The Kier molecular flexibility index (Phi) is 3.71. The highest BCUT2D eigenvalue weighted by Gasteiger charge is 2.25. The van der Waals surface area contributed by atoms with Crippen LogP contribution in [0.4, 0.5) is 11.6 Å². The third-order valence-corrected chi connectivity index (χ3v) is 3.57. The molecule has 1 aliphatic heterocycles. The molecule has 0 spiro atoms. The van der Waals surface area contributed by atoms with E-state index >= 15 is 0 Å². The van der Waals surface area contributed by atoms with Gasteiger partial charge in [0.25, 0.3) is 0 Å². The van der Waals surface area contributed by atoms with Gasteiger partial charge >= 0.3 is 0 Å². The highest BCUT2D eigenvalue weighted by Crippen LogP contribution is 2.26. The van der Waals surface area contributed by atoms with Crippen molar-refractivity contribution in [1.82, 2.24) is 14.9 Å². The molecule has 2 heterocycles. The molecule has 0 radical (unpaired) electrons. The zero-order valence-corrected chi connectivity index (χ0v) is 12.0. The number of nitrogens with zero attached hydrogens (tertiary/aromatic N) is 4. The maximum Gasteiger partial charge on any atom is 0.137 e. The van der Waals surface area contributed by atoms with Crippen molar-refractivity contribution in [2.45, 2.75) is 26.8 Å². The molecular formula is C13H23N5. The molecule has 1 unspecified atom stereocenters. The molecule has 5 heteroatoms. The number of hydrogen-bond donors (Lipinski definition) is 1. The number of likely N-dealkylation sites (N-methyl/N-ethyl adjacent to an activating group) is 1. The Morgan fingerprint density at radius 1 is 1.22 bits per heavy atom. The van der Waals surface area contributed by atoms with Gasteiger partial charge in [-0.3, -0.25) is 0 Å². The van der Waals surface area contributed by atoms with Crippen LogP contribution in [-0.2, 0) is 0 Å². The summed E-state index contributed by atoms with van der Waals surface area (Å²) in [7, 11) is 4.08. The second-order valence-electron chi connectivity index (χ2n) is 5.12. The minimum atomic E-state index is 0.487. The average Bonchev–Trinajstić information content (AvgIpc) is 2.32. The molecule has 0 saturated carbocycles. The molecule has 0 aliphatic carbocycles. The molecule has 0 aromatic carbocycles. The fraction of sp³-hybridized carbons (Fsp3) is 0.692.